The van der Waals surface area contributed by atoms with Gasteiger partial charge in [-0.3, -0.25) is 43.2 Å². The molecule has 4 saturated heterocycles. The number of halogens is 6. The van der Waals surface area contributed by atoms with Crippen LogP contribution in [-0.4, -0.2) is 214 Å². The number of nitrogens with one attached hydrogen (secondary N) is 4. The van der Waals surface area contributed by atoms with Crippen LogP contribution in [0.1, 0.15) is 88.0 Å². The van der Waals surface area contributed by atoms with Crippen molar-refractivity contribution in [3.05, 3.63) is 0 Å². The Morgan fingerprint density at radius 1 is 0.500 bits per heavy atom. The number of likely N-dealkylation sites (tertiary alicyclic amines) is 2. The topological polar surface area (TPSA) is 276 Å². The lowest BCUT2D eigenvalue weighted by Crippen LogP contribution is -2.58. The largest absolute Gasteiger partial charge is 0.480 e. The van der Waals surface area contributed by atoms with E-state index in [-0.39, 0.29) is 57.5 Å². The third kappa shape index (κ3) is 16.4. The lowest BCUT2D eigenvalue weighted by atomic mass is 9.98. The standard InChI is InChI=1S/C23H34F3N5O7.C23H36F3N5O5/c1-12(2)17(19(35)23(24,25)26)28-20(36)14-6-5-7-31(14)21(37)18(13(3)4)27-15(32)10-29-8-9-30(22(29)38)11-16(33)34;1-6-29-10-11-30(22(29)36)12-16(32)27-18(14(4)5)21(35)31-9-7-8-15(31)20(34)28-17(13(2)3)19(33)23(24,25)26/h12-14,17-18H,5-11H2,1-4H3,(H,27,32)(H,28,36)(H,33,34);13-15,17-18H,6-12H2,1-5H3,(H,27,32)(H,28,34)/t14-,17-,18-;15-,17-,18-/m00/s1. The van der Waals surface area contributed by atoms with Gasteiger partial charge in [0.15, 0.2) is 0 Å². The molecule has 5 N–H and O–H groups in total. The van der Waals surface area contributed by atoms with Crippen LogP contribution < -0.4 is 21.3 Å². The summed E-state index contributed by atoms with van der Waals surface area (Å²) in [7, 11) is 0. The highest BCUT2D eigenvalue weighted by molar-refractivity contribution is 5.98. The van der Waals surface area contributed by atoms with E-state index in [1.54, 1.807) is 32.6 Å². The molecule has 4 aliphatic heterocycles. The summed E-state index contributed by atoms with van der Waals surface area (Å²) in [5.41, 5.74) is 0. The predicted octanol–water partition coefficient (Wildman–Crippen LogP) is 1.36. The summed E-state index contributed by atoms with van der Waals surface area (Å²) >= 11 is 0. The number of hydrogen-bond donors (Lipinski definition) is 5. The molecule has 4 fully saturated rings. The summed E-state index contributed by atoms with van der Waals surface area (Å²) in [5.74, 6) is -11.9. The second-order valence-electron chi connectivity index (χ2n) is 19.9. The molecular weight excluding hydrogens is 999 g/mol. The molecule has 28 heteroatoms. The quantitative estimate of drug-likeness (QED) is 0.102. The Hall–Kier alpha value is -6.25. The number of carboxylic acids is 1. The lowest BCUT2D eigenvalue weighted by molar-refractivity contribution is -0.175. The molecule has 0 radical (unpaired) electrons. The van der Waals surface area contributed by atoms with Crippen LogP contribution in [0, 0.1) is 23.7 Å². The van der Waals surface area contributed by atoms with E-state index >= 15 is 0 Å². The Kier molecular flexibility index (Phi) is 22.1. The summed E-state index contributed by atoms with van der Waals surface area (Å²) in [4.78, 5) is 144. The maximum absolute atomic E-state index is 13.4. The van der Waals surface area contributed by atoms with Crippen molar-refractivity contribution >= 4 is 65.0 Å². The molecule has 10 amide bonds. The zero-order valence-electron chi connectivity index (χ0n) is 43.1. The van der Waals surface area contributed by atoms with Crippen molar-refractivity contribution < 1.29 is 84.2 Å². The number of nitrogens with zero attached hydrogens (tertiary/aromatic N) is 6. The summed E-state index contributed by atoms with van der Waals surface area (Å²) < 4.78 is 78.0. The average Bonchev–Trinajstić information content (AvgIpc) is 4.12. The zero-order valence-corrected chi connectivity index (χ0v) is 43.1. The average molecular weight is 1070 g/mol. The van der Waals surface area contributed by atoms with Crippen LogP contribution in [0.15, 0.2) is 0 Å². The molecule has 0 aromatic heterocycles. The monoisotopic (exact) mass is 1070 g/mol. The summed E-state index contributed by atoms with van der Waals surface area (Å²) in [5, 5.41) is 18.4. The summed E-state index contributed by atoms with van der Waals surface area (Å²) in [6.45, 7) is 14.9. The Morgan fingerprint density at radius 2 is 0.811 bits per heavy atom. The van der Waals surface area contributed by atoms with Crippen LogP contribution in [0.5, 0.6) is 0 Å². The predicted molar refractivity (Wildman–Crippen MR) is 249 cm³/mol. The molecule has 4 rings (SSSR count). The second-order valence-corrected chi connectivity index (χ2v) is 19.9. The molecule has 418 valence electrons. The number of carbonyl (C=O) groups excluding carboxylic acids is 10. The van der Waals surface area contributed by atoms with Gasteiger partial charge in [-0.2, -0.15) is 26.3 Å². The van der Waals surface area contributed by atoms with E-state index in [9.17, 15) is 79.1 Å². The maximum Gasteiger partial charge on any atom is 0.452 e. The van der Waals surface area contributed by atoms with Gasteiger partial charge in [-0.15, -0.1) is 0 Å². The van der Waals surface area contributed by atoms with Gasteiger partial charge < -0.3 is 55.8 Å². The first-order valence-electron chi connectivity index (χ1n) is 24.5. The third-order valence-electron chi connectivity index (χ3n) is 13.0. The van der Waals surface area contributed by atoms with Gasteiger partial charge in [0.2, 0.25) is 35.4 Å². The van der Waals surface area contributed by atoms with E-state index in [0.717, 1.165) is 9.80 Å². The van der Waals surface area contributed by atoms with Crippen molar-refractivity contribution in [3.8, 4) is 0 Å². The minimum atomic E-state index is -5.14. The molecule has 0 bridgehead atoms. The molecule has 0 aromatic carbocycles. The Bertz CT molecular complexity index is 2110. The smallest absolute Gasteiger partial charge is 0.452 e. The highest BCUT2D eigenvalue weighted by Gasteiger charge is 2.49. The minimum absolute atomic E-state index is 0.127. The Labute approximate surface area is 424 Å². The van der Waals surface area contributed by atoms with Crippen LogP contribution in [0.25, 0.3) is 0 Å². The first-order valence-corrected chi connectivity index (χ1v) is 24.5. The van der Waals surface area contributed by atoms with Gasteiger partial charge in [-0.05, 0) is 56.3 Å². The molecule has 0 spiro atoms. The normalized spacial score (nSPS) is 19.9. The van der Waals surface area contributed by atoms with Gasteiger partial charge in [0.25, 0.3) is 11.6 Å². The van der Waals surface area contributed by atoms with Crippen LogP contribution in [-0.2, 0) is 43.2 Å². The molecule has 0 aliphatic carbocycles. The first-order chi connectivity index (χ1) is 34.2. The molecule has 4 aliphatic rings. The SMILES string of the molecule is CC(C)[C@H](NC(=O)CN1CCN(CC(=O)O)C1=O)C(=O)N1CCC[C@H]1C(=O)N[C@H](C(=O)C(F)(F)F)C(C)C.CCN1CCN(CC(=O)N[C@H](C(=O)N2CCC[C@H]2C(=O)N[C@H](C(=O)C(F)(F)F)C(C)C)C(C)C)C1=O. The fourth-order valence-electron chi connectivity index (χ4n) is 8.86. The van der Waals surface area contributed by atoms with Gasteiger partial charge in [0.05, 0.1) is 12.1 Å². The molecule has 0 aromatic rings. The Balaban J connectivity index is 0.000000391. The highest BCUT2D eigenvalue weighted by Crippen LogP contribution is 2.26. The van der Waals surface area contributed by atoms with Crippen LogP contribution in [0.2, 0.25) is 0 Å². The molecule has 0 unspecified atom stereocenters. The molecule has 6 atom stereocenters. The van der Waals surface area contributed by atoms with Gasteiger partial charge in [0.1, 0.15) is 43.8 Å². The number of hydrogen-bond acceptors (Lipinski definition) is 11. The molecule has 4 heterocycles. The maximum atomic E-state index is 13.4. The zero-order chi connectivity index (χ0) is 56.3. The number of amides is 10. The van der Waals surface area contributed by atoms with Gasteiger partial charge in [-0.1, -0.05) is 55.4 Å². The molecular formula is C46H70F6N10O12. The summed E-state index contributed by atoms with van der Waals surface area (Å²) in [6.07, 6.45) is -9.02. The highest BCUT2D eigenvalue weighted by atomic mass is 19.4. The van der Waals surface area contributed by atoms with Crippen molar-refractivity contribution in [2.75, 3.05) is 65.4 Å². The number of aliphatic carboxylic acids is 1. The van der Waals surface area contributed by atoms with Crippen molar-refractivity contribution in [2.24, 2.45) is 23.7 Å². The van der Waals surface area contributed by atoms with Crippen molar-refractivity contribution in [3.63, 3.8) is 0 Å². The first kappa shape index (κ1) is 62.0. The van der Waals surface area contributed by atoms with Gasteiger partial charge in [-0.25, -0.2) is 9.59 Å². The number of rotatable bonds is 21. The van der Waals surface area contributed by atoms with E-state index < -0.39 is 138 Å². The minimum Gasteiger partial charge on any atom is -0.480 e. The number of carbonyl (C=O) groups is 11. The Morgan fingerprint density at radius 3 is 1.09 bits per heavy atom. The van der Waals surface area contributed by atoms with Crippen LogP contribution in [0.4, 0.5) is 35.9 Å². The fourth-order valence-corrected chi connectivity index (χ4v) is 8.86. The molecule has 74 heavy (non-hydrogen) atoms. The van der Waals surface area contributed by atoms with E-state index in [1.165, 1.54) is 42.4 Å². The number of carboxylic acid groups (broad SMARTS) is 1. The van der Waals surface area contributed by atoms with E-state index in [1.807, 2.05) is 6.92 Å². The van der Waals surface area contributed by atoms with Crippen molar-refractivity contribution in [1.82, 2.24) is 50.7 Å². The van der Waals surface area contributed by atoms with Gasteiger partial charge >= 0.3 is 30.4 Å². The summed E-state index contributed by atoms with van der Waals surface area (Å²) in [6, 6.07) is -8.73. The number of urea groups is 2. The van der Waals surface area contributed by atoms with Gasteiger partial charge in [0, 0.05) is 45.8 Å². The number of Topliss-reactive ketones (excluding diaryl/α,β-unsaturated/α-hetero) is 2. The van der Waals surface area contributed by atoms with E-state index in [0.29, 0.717) is 32.5 Å². The van der Waals surface area contributed by atoms with Crippen LogP contribution >= 0.6 is 0 Å². The van der Waals surface area contributed by atoms with Crippen molar-refractivity contribution in [2.45, 2.75) is 137 Å². The second kappa shape index (κ2) is 26.3. The number of ketones is 2. The fraction of sp³-hybridized carbons (Fsp3) is 0.761. The van der Waals surface area contributed by atoms with Crippen molar-refractivity contribution in [1.29, 1.82) is 0 Å². The lowest BCUT2D eigenvalue weighted by Gasteiger charge is -2.32. The van der Waals surface area contributed by atoms with E-state index in [4.69, 9.17) is 5.11 Å². The third-order valence-corrected chi connectivity index (χ3v) is 13.0. The van der Waals surface area contributed by atoms with Crippen LogP contribution in [0.3, 0.4) is 0 Å². The van der Waals surface area contributed by atoms with E-state index in [2.05, 4.69) is 21.3 Å². The number of alkyl halides is 6. The molecule has 0 saturated carbocycles. The molecule has 22 nitrogen and oxygen atoms in total. The number of likely N-dealkylation sites (N-methyl/N-ethyl adjacent to an activating group) is 1.